The van der Waals surface area contributed by atoms with Crippen molar-refractivity contribution in [3.63, 3.8) is 0 Å². The minimum Gasteiger partial charge on any atom is -0.254 e. The Kier molecular flexibility index (Phi) is 7.64. The van der Waals surface area contributed by atoms with Crippen molar-refractivity contribution in [3.05, 3.63) is 219 Å². The average molecular weight is 785 g/mol. The molecular weight excluding hydrogens is 749 g/mol. The smallest absolute Gasteiger partial charge is 0.0972 e. The third-order valence-corrected chi connectivity index (χ3v) is 13.0. The normalized spacial score (nSPS) is 11.9. The van der Waals surface area contributed by atoms with Gasteiger partial charge in [0.15, 0.2) is 0 Å². The molecule has 13 rings (SSSR count). The van der Waals surface area contributed by atoms with Crippen molar-refractivity contribution in [3.8, 4) is 78.0 Å². The maximum atomic E-state index is 5.10. The summed E-state index contributed by atoms with van der Waals surface area (Å²) in [6.45, 7) is 0. The molecule has 1 aliphatic carbocycles. The second-order valence-electron chi connectivity index (χ2n) is 16.4. The molecule has 0 aliphatic heterocycles. The minimum absolute atomic E-state index is 0.935. The van der Waals surface area contributed by atoms with Crippen LogP contribution in [0, 0.1) is 0 Å². The second kappa shape index (κ2) is 13.7. The molecule has 286 valence electrons. The van der Waals surface area contributed by atoms with E-state index in [1.165, 1.54) is 99.1 Å². The van der Waals surface area contributed by atoms with Gasteiger partial charge in [-0.05, 0) is 123 Å². The van der Waals surface area contributed by atoms with Gasteiger partial charge in [-0.25, -0.2) is 4.98 Å². The van der Waals surface area contributed by atoms with Crippen LogP contribution in [0.5, 0.6) is 0 Å². The molecule has 2 heterocycles. The van der Waals surface area contributed by atoms with E-state index in [9.17, 15) is 0 Å². The van der Waals surface area contributed by atoms with E-state index in [0.29, 0.717) is 0 Å². The number of rotatable bonds is 5. The molecule has 0 saturated carbocycles. The summed E-state index contributed by atoms with van der Waals surface area (Å²) in [6, 6.07) is 77.6. The van der Waals surface area contributed by atoms with Crippen molar-refractivity contribution in [2.45, 2.75) is 0 Å². The largest absolute Gasteiger partial charge is 0.254 e. The molecular formula is C60H36N2. The van der Waals surface area contributed by atoms with Gasteiger partial charge in [-0.1, -0.05) is 188 Å². The summed E-state index contributed by atoms with van der Waals surface area (Å²) in [5.74, 6) is 0. The third kappa shape index (κ3) is 5.30. The Bertz CT molecular complexity index is 3680. The van der Waals surface area contributed by atoms with E-state index in [1.807, 2.05) is 12.3 Å². The number of benzene rings is 10. The summed E-state index contributed by atoms with van der Waals surface area (Å²) in [7, 11) is 0. The van der Waals surface area contributed by atoms with Gasteiger partial charge in [-0.15, -0.1) is 0 Å². The summed E-state index contributed by atoms with van der Waals surface area (Å²) in [4.78, 5) is 9.76. The van der Waals surface area contributed by atoms with E-state index < -0.39 is 0 Å². The molecule has 0 unspecified atom stereocenters. The number of aromatic nitrogens is 2. The summed E-state index contributed by atoms with van der Waals surface area (Å²) in [5, 5.41) is 9.74. The lowest BCUT2D eigenvalue weighted by atomic mass is 9.82. The van der Waals surface area contributed by atoms with Gasteiger partial charge in [-0.2, -0.15) is 0 Å². The molecule has 2 heteroatoms. The zero-order valence-corrected chi connectivity index (χ0v) is 33.7. The first-order valence-electron chi connectivity index (χ1n) is 21.3. The number of hydrogen-bond acceptors (Lipinski definition) is 2. The number of nitrogens with zero attached hydrogens (tertiary/aromatic N) is 2. The van der Waals surface area contributed by atoms with Crippen LogP contribution in [0.25, 0.3) is 132 Å². The molecule has 0 radical (unpaired) electrons. The van der Waals surface area contributed by atoms with Crippen LogP contribution in [0.1, 0.15) is 0 Å². The molecule has 2 aromatic heterocycles. The van der Waals surface area contributed by atoms with E-state index in [0.717, 1.165) is 33.1 Å². The van der Waals surface area contributed by atoms with Crippen LogP contribution in [0.3, 0.4) is 0 Å². The molecule has 10 aromatic carbocycles. The summed E-state index contributed by atoms with van der Waals surface area (Å²) in [6.07, 6.45) is 1.84. The molecule has 0 amide bonds. The summed E-state index contributed by atoms with van der Waals surface area (Å²) >= 11 is 0. The predicted octanol–water partition coefficient (Wildman–Crippen LogP) is 16.2. The Balaban J connectivity index is 0.893. The fraction of sp³-hybridized carbons (Fsp3) is 0. The van der Waals surface area contributed by atoms with Gasteiger partial charge in [0.1, 0.15) is 0 Å². The molecule has 0 saturated heterocycles. The SMILES string of the molecule is c1ccc(-c2c3c(c(-c4ccccc4)c4ccccc24)-c2ccc(-c4ccc(-c5ccc6cc(-c7ccc8ccc9cccnc9c8n7)ccc6c5)cc4)c4cccc-3c24)cc1. The van der Waals surface area contributed by atoms with Crippen LogP contribution < -0.4 is 0 Å². The fourth-order valence-electron chi connectivity index (χ4n) is 10.2. The monoisotopic (exact) mass is 784 g/mol. The summed E-state index contributed by atoms with van der Waals surface area (Å²) in [5.41, 5.74) is 19.1. The number of fused-ring (bicyclic) bond motifs is 8. The van der Waals surface area contributed by atoms with Gasteiger partial charge in [0, 0.05) is 22.5 Å². The van der Waals surface area contributed by atoms with Gasteiger partial charge in [0.25, 0.3) is 0 Å². The molecule has 0 atom stereocenters. The number of hydrogen-bond donors (Lipinski definition) is 0. The van der Waals surface area contributed by atoms with Crippen molar-refractivity contribution in [1.29, 1.82) is 0 Å². The van der Waals surface area contributed by atoms with E-state index in [-0.39, 0.29) is 0 Å². The van der Waals surface area contributed by atoms with Gasteiger partial charge in [0.2, 0.25) is 0 Å². The fourth-order valence-corrected chi connectivity index (χ4v) is 10.2. The molecule has 2 nitrogen and oxygen atoms in total. The number of pyridine rings is 2. The van der Waals surface area contributed by atoms with Crippen molar-refractivity contribution < 1.29 is 0 Å². The predicted molar refractivity (Wildman–Crippen MR) is 261 cm³/mol. The Morgan fingerprint density at radius 2 is 0.806 bits per heavy atom. The lowest BCUT2D eigenvalue weighted by Gasteiger charge is -2.20. The molecule has 62 heavy (non-hydrogen) atoms. The highest BCUT2D eigenvalue weighted by Crippen LogP contribution is 2.58. The Hall–Kier alpha value is -8.20. The standard InChI is InChI=1S/C60H36N2/c1-3-11-39(12-4-1)54-49-16-7-8-17-50(49)55(40-13-5-2-6-14-40)58-52-32-31-47(48-18-9-19-51(56(48)52)57(54)58)38-22-20-37(21-23-38)43-26-27-45-36-46(29-28-44(45)35-43)53-33-30-42-25-24-41-15-10-34-61-59(41)60(42)62-53/h1-36H. The topological polar surface area (TPSA) is 25.8 Å². The van der Waals surface area contributed by atoms with Crippen LogP contribution in [0.4, 0.5) is 0 Å². The molecule has 12 aromatic rings. The van der Waals surface area contributed by atoms with Crippen LogP contribution in [0.15, 0.2) is 219 Å². The van der Waals surface area contributed by atoms with Crippen molar-refractivity contribution in [2.75, 3.05) is 0 Å². The highest BCUT2D eigenvalue weighted by molar-refractivity contribution is 6.28. The van der Waals surface area contributed by atoms with Gasteiger partial charge in [-0.3, -0.25) is 4.98 Å². The molecule has 0 spiro atoms. The van der Waals surface area contributed by atoms with Crippen LogP contribution in [-0.2, 0) is 0 Å². The Morgan fingerprint density at radius 3 is 1.52 bits per heavy atom. The first kappa shape index (κ1) is 34.6. The van der Waals surface area contributed by atoms with Crippen LogP contribution in [-0.4, -0.2) is 9.97 Å². The minimum atomic E-state index is 0.935. The lowest BCUT2D eigenvalue weighted by Crippen LogP contribution is -1.93. The molecule has 0 fully saturated rings. The van der Waals surface area contributed by atoms with E-state index in [1.54, 1.807) is 0 Å². The Morgan fingerprint density at radius 1 is 0.274 bits per heavy atom. The van der Waals surface area contributed by atoms with Crippen LogP contribution >= 0.6 is 0 Å². The van der Waals surface area contributed by atoms with Gasteiger partial charge < -0.3 is 0 Å². The quantitative estimate of drug-likeness (QED) is 0.162. The lowest BCUT2D eigenvalue weighted by molar-refractivity contribution is 1.37. The molecule has 0 N–H and O–H groups in total. The zero-order valence-electron chi connectivity index (χ0n) is 33.7. The Labute approximate surface area is 359 Å². The van der Waals surface area contributed by atoms with Crippen molar-refractivity contribution in [1.82, 2.24) is 9.97 Å². The maximum absolute atomic E-state index is 5.10. The second-order valence-corrected chi connectivity index (χ2v) is 16.4. The van der Waals surface area contributed by atoms with E-state index in [4.69, 9.17) is 4.98 Å². The first-order valence-corrected chi connectivity index (χ1v) is 21.3. The molecule has 0 bridgehead atoms. The van der Waals surface area contributed by atoms with Crippen molar-refractivity contribution in [2.24, 2.45) is 0 Å². The summed E-state index contributed by atoms with van der Waals surface area (Å²) < 4.78 is 0. The zero-order chi connectivity index (χ0) is 40.7. The highest BCUT2D eigenvalue weighted by atomic mass is 14.7. The van der Waals surface area contributed by atoms with E-state index >= 15 is 0 Å². The first-order chi connectivity index (χ1) is 30.7. The van der Waals surface area contributed by atoms with E-state index in [2.05, 4.69) is 211 Å². The maximum Gasteiger partial charge on any atom is 0.0972 e. The highest BCUT2D eigenvalue weighted by Gasteiger charge is 2.31. The van der Waals surface area contributed by atoms with Gasteiger partial charge >= 0.3 is 0 Å². The van der Waals surface area contributed by atoms with Gasteiger partial charge in [0.05, 0.1) is 16.7 Å². The molecule has 1 aliphatic rings. The average Bonchev–Trinajstić information content (AvgIpc) is 3.68. The van der Waals surface area contributed by atoms with Crippen LogP contribution in [0.2, 0.25) is 0 Å². The van der Waals surface area contributed by atoms with Crippen molar-refractivity contribution >= 4 is 54.1 Å². The third-order valence-electron chi connectivity index (χ3n) is 13.0.